The number of hydrogen-bond acceptors (Lipinski definition) is 5. The number of ether oxygens (including phenoxy) is 2. The molecule has 1 heterocycles. The van der Waals surface area contributed by atoms with E-state index in [1.165, 1.54) is 19.3 Å². The van der Waals surface area contributed by atoms with Gasteiger partial charge in [-0.05, 0) is 25.7 Å². The lowest BCUT2D eigenvalue weighted by Crippen LogP contribution is -2.43. The second-order valence-corrected chi connectivity index (χ2v) is 7.39. The van der Waals surface area contributed by atoms with Crippen LogP contribution in [0.3, 0.4) is 0 Å². The summed E-state index contributed by atoms with van der Waals surface area (Å²) in [5, 5.41) is 8.74. The van der Waals surface area contributed by atoms with E-state index in [1.54, 1.807) is 12.1 Å². The van der Waals surface area contributed by atoms with E-state index in [2.05, 4.69) is 16.0 Å². The predicted octanol–water partition coefficient (Wildman–Crippen LogP) is 3.13. The van der Waals surface area contributed by atoms with E-state index in [1.807, 2.05) is 0 Å². The Morgan fingerprint density at radius 3 is 2.57 bits per heavy atom. The van der Waals surface area contributed by atoms with E-state index in [0.29, 0.717) is 41.9 Å². The first-order chi connectivity index (χ1) is 13.6. The van der Waals surface area contributed by atoms with E-state index in [4.69, 9.17) is 15.2 Å². The number of unbranched alkanes of at least 4 members (excludes halogenated alkanes) is 2. The highest BCUT2D eigenvalue weighted by atomic mass is 16.7. The number of nitrogens with one attached hydrogen (secondary N) is 3. The molecule has 3 amide bonds. The Balaban J connectivity index is 1.26. The zero-order valence-electron chi connectivity index (χ0n) is 16.2. The lowest BCUT2D eigenvalue weighted by molar-refractivity contribution is -0.116. The summed E-state index contributed by atoms with van der Waals surface area (Å²) in [4.78, 5) is 24.0. The van der Waals surface area contributed by atoms with Crippen LogP contribution in [0.4, 0.5) is 16.2 Å². The van der Waals surface area contributed by atoms with Crippen LogP contribution in [0.1, 0.15) is 57.8 Å². The van der Waals surface area contributed by atoms with Gasteiger partial charge < -0.3 is 31.2 Å². The zero-order chi connectivity index (χ0) is 19.8. The van der Waals surface area contributed by atoms with Gasteiger partial charge in [0, 0.05) is 31.1 Å². The van der Waals surface area contributed by atoms with Gasteiger partial charge in [0.25, 0.3) is 0 Å². The summed E-state index contributed by atoms with van der Waals surface area (Å²) >= 11 is 0. The maximum absolute atomic E-state index is 12.1. The summed E-state index contributed by atoms with van der Waals surface area (Å²) in [6, 6.07) is 3.58. The van der Waals surface area contributed by atoms with Gasteiger partial charge >= 0.3 is 6.03 Å². The molecule has 8 nitrogen and oxygen atoms in total. The fourth-order valence-electron chi connectivity index (χ4n) is 3.55. The molecule has 0 spiro atoms. The van der Waals surface area contributed by atoms with Crippen molar-refractivity contribution in [2.75, 3.05) is 24.4 Å². The monoisotopic (exact) mass is 390 g/mol. The number of hydrogen-bond donors (Lipinski definition) is 4. The second kappa shape index (κ2) is 10.1. The van der Waals surface area contributed by atoms with Crippen LogP contribution in [0.25, 0.3) is 0 Å². The molecule has 5 N–H and O–H groups in total. The average Bonchev–Trinajstić information content (AvgIpc) is 3.12. The van der Waals surface area contributed by atoms with Crippen LogP contribution < -0.4 is 31.2 Å². The number of fused-ring (bicyclic) bond motifs is 1. The average molecular weight is 390 g/mol. The Labute approximate surface area is 165 Å². The van der Waals surface area contributed by atoms with Crippen LogP contribution in [0.2, 0.25) is 0 Å². The first-order valence-electron chi connectivity index (χ1n) is 10.1. The van der Waals surface area contributed by atoms with Gasteiger partial charge in [-0.25, -0.2) is 4.79 Å². The Kier molecular flexibility index (Phi) is 7.22. The standard InChI is InChI=1S/C20H30N4O4/c21-15-11-17-18(28-13-27-17)12-16(15)24-19(25)9-5-2-6-10-22-20(26)23-14-7-3-1-4-8-14/h11-12,14H,1-10,13,21H2,(H,24,25)(H2,22,23,26). The molecule has 28 heavy (non-hydrogen) atoms. The van der Waals surface area contributed by atoms with Crippen molar-refractivity contribution in [3.05, 3.63) is 12.1 Å². The fourth-order valence-corrected chi connectivity index (χ4v) is 3.55. The summed E-state index contributed by atoms with van der Waals surface area (Å²) in [6.07, 6.45) is 8.70. The van der Waals surface area contributed by atoms with E-state index >= 15 is 0 Å². The second-order valence-electron chi connectivity index (χ2n) is 7.39. The van der Waals surface area contributed by atoms with Gasteiger partial charge in [-0.1, -0.05) is 25.7 Å². The van der Waals surface area contributed by atoms with Crippen molar-refractivity contribution in [2.24, 2.45) is 0 Å². The summed E-state index contributed by atoms with van der Waals surface area (Å²) in [7, 11) is 0. The lowest BCUT2D eigenvalue weighted by atomic mass is 9.96. The number of amides is 3. The molecule has 0 unspecified atom stereocenters. The minimum atomic E-state index is -0.0893. The molecule has 0 radical (unpaired) electrons. The molecule has 1 fully saturated rings. The normalized spacial score (nSPS) is 15.9. The largest absolute Gasteiger partial charge is 0.454 e. The third kappa shape index (κ3) is 5.94. The molecule has 1 aliphatic heterocycles. The molecule has 1 saturated carbocycles. The topological polar surface area (TPSA) is 115 Å². The maximum atomic E-state index is 12.1. The van der Waals surface area contributed by atoms with Gasteiger partial charge in [-0.15, -0.1) is 0 Å². The molecule has 2 aliphatic rings. The third-order valence-electron chi connectivity index (χ3n) is 5.13. The first kappa shape index (κ1) is 20.1. The molecule has 1 aromatic rings. The van der Waals surface area contributed by atoms with Crippen molar-refractivity contribution < 1.29 is 19.1 Å². The quantitative estimate of drug-likeness (QED) is 0.402. The zero-order valence-corrected chi connectivity index (χ0v) is 16.2. The number of carbonyl (C=O) groups is 2. The summed E-state index contributed by atoms with van der Waals surface area (Å²) in [6.45, 7) is 0.786. The Hall–Kier alpha value is -2.64. The Bertz CT molecular complexity index is 689. The van der Waals surface area contributed by atoms with Crippen LogP contribution in [0, 0.1) is 0 Å². The molecular weight excluding hydrogens is 360 g/mol. The highest BCUT2D eigenvalue weighted by Crippen LogP contribution is 2.38. The number of anilines is 2. The predicted molar refractivity (Wildman–Crippen MR) is 107 cm³/mol. The summed E-state index contributed by atoms with van der Waals surface area (Å²) in [5.74, 6) is 1.09. The molecule has 8 heteroatoms. The number of urea groups is 1. The van der Waals surface area contributed by atoms with Crippen molar-refractivity contribution in [2.45, 2.75) is 63.8 Å². The Morgan fingerprint density at radius 2 is 1.79 bits per heavy atom. The molecule has 1 aromatic carbocycles. The number of carbonyl (C=O) groups excluding carboxylic acids is 2. The molecule has 0 atom stereocenters. The van der Waals surface area contributed by atoms with Crippen molar-refractivity contribution in [3.63, 3.8) is 0 Å². The highest BCUT2D eigenvalue weighted by Gasteiger charge is 2.17. The maximum Gasteiger partial charge on any atom is 0.315 e. The fraction of sp³-hybridized carbons (Fsp3) is 0.600. The van der Waals surface area contributed by atoms with Gasteiger partial charge in [0.05, 0.1) is 11.4 Å². The molecular formula is C20H30N4O4. The summed E-state index contributed by atoms with van der Waals surface area (Å²) in [5.41, 5.74) is 6.92. The number of nitrogen functional groups attached to an aromatic ring is 1. The smallest absolute Gasteiger partial charge is 0.315 e. The van der Waals surface area contributed by atoms with Crippen molar-refractivity contribution in [3.8, 4) is 11.5 Å². The van der Waals surface area contributed by atoms with Crippen LogP contribution in [0.15, 0.2) is 12.1 Å². The van der Waals surface area contributed by atoms with Crippen molar-refractivity contribution >= 4 is 23.3 Å². The van der Waals surface area contributed by atoms with Gasteiger partial charge in [0.15, 0.2) is 11.5 Å². The van der Waals surface area contributed by atoms with Crippen molar-refractivity contribution in [1.29, 1.82) is 0 Å². The molecule has 154 valence electrons. The number of benzene rings is 1. The van der Waals surface area contributed by atoms with Gasteiger partial charge in [0.2, 0.25) is 12.7 Å². The molecule has 0 aromatic heterocycles. The van der Waals surface area contributed by atoms with E-state index < -0.39 is 0 Å². The van der Waals surface area contributed by atoms with Crippen LogP contribution in [-0.4, -0.2) is 31.3 Å². The molecule has 1 aliphatic carbocycles. The third-order valence-corrected chi connectivity index (χ3v) is 5.13. The SMILES string of the molecule is Nc1cc2c(cc1NC(=O)CCCCCNC(=O)NC1CCCCC1)OCO2. The van der Waals surface area contributed by atoms with Crippen LogP contribution >= 0.6 is 0 Å². The minimum absolute atomic E-state index is 0.0806. The minimum Gasteiger partial charge on any atom is -0.454 e. The number of rotatable bonds is 8. The molecule has 3 rings (SSSR count). The van der Waals surface area contributed by atoms with Gasteiger partial charge in [-0.2, -0.15) is 0 Å². The van der Waals surface area contributed by atoms with E-state index in [-0.39, 0.29) is 18.7 Å². The molecule has 0 bridgehead atoms. The van der Waals surface area contributed by atoms with E-state index in [0.717, 1.165) is 32.1 Å². The Morgan fingerprint density at radius 1 is 1.04 bits per heavy atom. The lowest BCUT2D eigenvalue weighted by Gasteiger charge is -2.22. The number of nitrogens with two attached hydrogens (primary N) is 1. The van der Waals surface area contributed by atoms with Crippen molar-refractivity contribution in [1.82, 2.24) is 10.6 Å². The van der Waals surface area contributed by atoms with Gasteiger partial charge in [0.1, 0.15) is 0 Å². The highest BCUT2D eigenvalue weighted by molar-refractivity contribution is 5.94. The summed E-state index contributed by atoms with van der Waals surface area (Å²) < 4.78 is 10.6. The molecule has 0 saturated heterocycles. The van der Waals surface area contributed by atoms with Crippen LogP contribution in [0.5, 0.6) is 11.5 Å². The van der Waals surface area contributed by atoms with E-state index in [9.17, 15) is 9.59 Å². The first-order valence-corrected chi connectivity index (χ1v) is 10.1. The van der Waals surface area contributed by atoms with Crippen LogP contribution in [-0.2, 0) is 4.79 Å². The van der Waals surface area contributed by atoms with Gasteiger partial charge in [-0.3, -0.25) is 4.79 Å².